The molecule has 0 atom stereocenters. The van der Waals surface area contributed by atoms with Crippen molar-refractivity contribution in [3.63, 3.8) is 0 Å². The number of nitrogens with one attached hydrogen (secondary N) is 2. The van der Waals surface area contributed by atoms with Crippen molar-refractivity contribution >= 4 is 29.6 Å². The molecule has 2 amide bonds. The molecule has 1 aromatic heterocycles. The monoisotopic (exact) mass is 344 g/mol. The predicted molar refractivity (Wildman–Crippen MR) is 68.8 cm³/mol. The van der Waals surface area contributed by atoms with E-state index in [1.165, 1.54) is 0 Å². The number of nitrogens with two attached hydrogens (primary N) is 1. The van der Waals surface area contributed by atoms with Crippen molar-refractivity contribution in [3.05, 3.63) is 35.9 Å². The third-order valence-corrected chi connectivity index (χ3v) is 2.31. The molecule has 0 saturated carbocycles. The Morgan fingerprint density at radius 1 is 1.30 bits per heavy atom. The van der Waals surface area contributed by atoms with Crippen LogP contribution in [0.25, 0.3) is 0 Å². The van der Waals surface area contributed by atoms with Crippen molar-refractivity contribution in [2.45, 2.75) is 6.92 Å². The molecular formula is C12H11N4O3Rb. The number of nitrogens with zero attached hydrogens (tertiary/aromatic N) is 1. The Labute approximate surface area is 164 Å². The SMILES string of the molecule is Cc1nc(C(N)=O)c(Nc2ccc(N[C-]=O)cc2)o1.[Rb+]. The Bertz CT molecular complexity index is 610. The maximum absolute atomic E-state index is 11.2. The van der Waals surface area contributed by atoms with E-state index in [0.717, 1.165) is 0 Å². The second kappa shape index (κ2) is 7.68. The van der Waals surface area contributed by atoms with E-state index < -0.39 is 5.91 Å². The number of hydrogen-bond donors (Lipinski definition) is 3. The van der Waals surface area contributed by atoms with Crippen LogP contribution in [0.3, 0.4) is 0 Å². The standard InChI is InChI=1S/C12H11N4O3.Rb/c1-7-15-10(11(13)18)12(19-7)16-9-4-2-8(3-5-9)14-6-17;/h2-5,16H,1H3,(H2,13,18)(H,14,17);/q-1;+1. The average Bonchev–Trinajstić information content (AvgIpc) is 2.73. The Hall–Kier alpha value is -1.02. The normalized spacial score (nSPS) is 9.45. The van der Waals surface area contributed by atoms with Gasteiger partial charge in [0.05, 0.1) is 6.41 Å². The summed E-state index contributed by atoms with van der Waals surface area (Å²) in [6, 6.07) is 6.73. The number of primary amides is 1. The van der Waals surface area contributed by atoms with E-state index in [1.807, 2.05) is 0 Å². The summed E-state index contributed by atoms with van der Waals surface area (Å²) in [5, 5.41) is 5.28. The second-order valence-corrected chi connectivity index (χ2v) is 3.70. The topological polar surface area (TPSA) is 110 Å². The third kappa shape index (κ3) is 4.24. The smallest absolute Gasteiger partial charge is 0.490 e. The maximum Gasteiger partial charge on any atom is 1.00 e. The van der Waals surface area contributed by atoms with Crippen LogP contribution in [0.1, 0.15) is 16.4 Å². The first-order valence-electron chi connectivity index (χ1n) is 5.37. The molecule has 2 rings (SSSR count). The zero-order valence-corrected chi connectivity index (χ0v) is 16.0. The van der Waals surface area contributed by atoms with Crippen LogP contribution >= 0.6 is 0 Å². The van der Waals surface area contributed by atoms with Gasteiger partial charge >= 0.3 is 58.2 Å². The van der Waals surface area contributed by atoms with Crippen LogP contribution in [-0.4, -0.2) is 17.3 Å². The molecule has 0 bridgehead atoms. The summed E-state index contributed by atoms with van der Waals surface area (Å²) >= 11 is 0. The first kappa shape index (κ1) is 17.0. The van der Waals surface area contributed by atoms with Gasteiger partial charge in [0.1, 0.15) is 0 Å². The molecule has 1 aromatic carbocycles. The van der Waals surface area contributed by atoms with Gasteiger partial charge in [0.15, 0.2) is 11.6 Å². The molecule has 1 heterocycles. The first-order valence-corrected chi connectivity index (χ1v) is 5.37. The summed E-state index contributed by atoms with van der Waals surface area (Å²) in [6.07, 6.45) is 1.57. The van der Waals surface area contributed by atoms with Gasteiger partial charge in [-0.25, -0.2) is 4.98 Å². The van der Waals surface area contributed by atoms with E-state index in [2.05, 4.69) is 15.6 Å². The molecule has 0 fully saturated rings. The van der Waals surface area contributed by atoms with Gasteiger partial charge < -0.3 is 25.6 Å². The minimum absolute atomic E-state index is 0. The van der Waals surface area contributed by atoms with Gasteiger partial charge in [-0.15, -0.1) is 17.8 Å². The summed E-state index contributed by atoms with van der Waals surface area (Å²) in [6.45, 7) is 1.62. The van der Waals surface area contributed by atoms with Gasteiger partial charge in [0, 0.05) is 12.6 Å². The largest absolute Gasteiger partial charge is 1.00 e. The molecule has 0 aliphatic heterocycles. The fraction of sp³-hybridized carbons (Fsp3) is 0.0833. The summed E-state index contributed by atoms with van der Waals surface area (Å²) in [5.41, 5.74) is 6.50. The van der Waals surface area contributed by atoms with Crippen LogP contribution in [0.4, 0.5) is 17.3 Å². The van der Waals surface area contributed by atoms with Crippen LogP contribution in [0.15, 0.2) is 28.7 Å². The van der Waals surface area contributed by atoms with Crippen LogP contribution in [0.5, 0.6) is 0 Å². The molecule has 4 N–H and O–H groups in total. The van der Waals surface area contributed by atoms with E-state index >= 15 is 0 Å². The maximum atomic E-state index is 11.2. The van der Waals surface area contributed by atoms with Gasteiger partial charge in [0.25, 0.3) is 5.91 Å². The minimum Gasteiger partial charge on any atom is -0.490 e. The Kier molecular flexibility index (Phi) is 6.54. The van der Waals surface area contributed by atoms with Crippen molar-refractivity contribution in [2.24, 2.45) is 5.73 Å². The summed E-state index contributed by atoms with van der Waals surface area (Å²) in [7, 11) is 0. The first-order chi connectivity index (χ1) is 9.10. The van der Waals surface area contributed by atoms with E-state index in [-0.39, 0.29) is 69.8 Å². The molecule has 20 heavy (non-hydrogen) atoms. The van der Waals surface area contributed by atoms with Gasteiger partial charge in [0.2, 0.25) is 5.88 Å². The molecular weight excluding hydrogens is 334 g/mol. The molecule has 98 valence electrons. The van der Waals surface area contributed by atoms with E-state index in [0.29, 0.717) is 17.3 Å². The number of benzene rings is 1. The Balaban J connectivity index is 0.00000200. The Morgan fingerprint density at radius 3 is 2.45 bits per heavy atom. The van der Waals surface area contributed by atoms with Crippen LogP contribution in [0.2, 0.25) is 0 Å². The average molecular weight is 345 g/mol. The van der Waals surface area contributed by atoms with Crippen LogP contribution in [-0.2, 0) is 4.79 Å². The number of anilines is 3. The molecule has 0 aliphatic carbocycles. The molecule has 8 heteroatoms. The van der Waals surface area contributed by atoms with E-state index in [1.54, 1.807) is 37.6 Å². The quantitative estimate of drug-likeness (QED) is 0.443. The van der Waals surface area contributed by atoms with Gasteiger partial charge in [-0.1, -0.05) is 12.1 Å². The molecule has 0 radical (unpaired) electrons. The number of amides is 2. The summed E-state index contributed by atoms with van der Waals surface area (Å²) < 4.78 is 5.26. The molecule has 0 aliphatic rings. The van der Waals surface area contributed by atoms with Crippen molar-refractivity contribution < 1.29 is 72.2 Å². The number of carbonyl (C=O) groups is 1. The van der Waals surface area contributed by atoms with Crippen LogP contribution < -0.4 is 74.6 Å². The Morgan fingerprint density at radius 2 is 1.90 bits per heavy atom. The number of oxazole rings is 1. The van der Waals surface area contributed by atoms with Gasteiger partial charge in [-0.05, 0) is 0 Å². The number of carbonyl (C=O) groups excluding carboxylic acids is 2. The van der Waals surface area contributed by atoms with Crippen molar-refractivity contribution in [1.82, 2.24) is 4.98 Å². The molecule has 7 nitrogen and oxygen atoms in total. The molecule has 0 spiro atoms. The predicted octanol–water partition coefficient (Wildman–Crippen LogP) is -1.69. The van der Waals surface area contributed by atoms with E-state index in [9.17, 15) is 9.59 Å². The number of aryl methyl sites for hydroxylation is 1. The number of aromatic nitrogens is 1. The van der Waals surface area contributed by atoms with Crippen LogP contribution in [0, 0.1) is 6.92 Å². The van der Waals surface area contributed by atoms with Gasteiger partial charge in [-0.2, -0.15) is 0 Å². The number of rotatable bonds is 5. The number of hydrogen-bond acceptors (Lipinski definition) is 5. The van der Waals surface area contributed by atoms with E-state index in [4.69, 9.17) is 10.2 Å². The zero-order chi connectivity index (χ0) is 13.8. The zero-order valence-electron chi connectivity index (χ0n) is 11.1. The summed E-state index contributed by atoms with van der Waals surface area (Å²) in [4.78, 5) is 25.2. The van der Waals surface area contributed by atoms with Crippen molar-refractivity contribution in [2.75, 3.05) is 10.6 Å². The molecule has 0 unspecified atom stereocenters. The second-order valence-electron chi connectivity index (χ2n) is 3.70. The van der Waals surface area contributed by atoms with Crippen molar-refractivity contribution in [3.8, 4) is 0 Å². The third-order valence-electron chi connectivity index (χ3n) is 2.31. The molecule has 2 aromatic rings. The fourth-order valence-electron chi connectivity index (χ4n) is 1.51. The van der Waals surface area contributed by atoms with Gasteiger partial charge in [-0.3, -0.25) is 4.79 Å². The van der Waals surface area contributed by atoms with Crippen molar-refractivity contribution in [1.29, 1.82) is 0 Å². The minimum atomic E-state index is -0.673. The fourth-order valence-corrected chi connectivity index (χ4v) is 1.51. The summed E-state index contributed by atoms with van der Waals surface area (Å²) in [5.74, 6) is -0.147. The molecule has 0 saturated heterocycles.